The van der Waals surface area contributed by atoms with E-state index >= 15 is 0 Å². The van der Waals surface area contributed by atoms with Gasteiger partial charge in [-0.25, -0.2) is 9.97 Å². The molecular weight excluding hydrogens is 669 g/mol. The molecule has 0 atom stereocenters. The average molecular weight is 692 g/mol. The second-order valence-electron chi connectivity index (χ2n) is 8.13. The van der Waals surface area contributed by atoms with Crippen LogP contribution in [-0.4, -0.2) is 32.4 Å². The fraction of sp³-hybridized carbons (Fsp3) is 0.231. The Labute approximate surface area is 240 Å². The van der Waals surface area contributed by atoms with Gasteiger partial charge in [-0.15, -0.1) is 0 Å². The molecule has 196 valence electrons. The van der Waals surface area contributed by atoms with Gasteiger partial charge >= 0.3 is 0 Å². The summed E-state index contributed by atoms with van der Waals surface area (Å²) in [4.78, 5) is 32.4. The lowest BCUT2D eigenvalue weighted by molar-refractivity contribution is -0.385. The normalized spacial score (nSPS) is 11.3. The Hall–Kier alpha value is -3.39. The summed E-state index contributed by atoms with van der Waals surface area (Å²) in [5.41, 5.74) is 0.935. The van der Waals surface area contributed by atoms with Crippen LogP contribution < -0.4 is 15.0 Å². The fourth-order valence-electron chi connectivity index (χ4n) is 3.60. The monoisotopic (exact) mass is 691 g/mol. The zero-order valence-corrected chi connectivity index (χ0v) is 24.3. The maximum Gasteiger partial charge on any atom is 0.287 e. The maximum atomic E-state index is 13.3. The standard InChI is InChI=1S/C26H23BrIN5O5/c1-3-5-6-23-31-21-9-7-17(27)13-19(21)26(34)32(23)30-14-16-11-20(28)25(22(12-16)37-4-2)38-24-10-8-18(15-29-24)33(35)36/h7-15H,3-6H2,1-2H3. The lowest BCUT2D eigenvalue weighted by atomic mass is 10.2. The molecule has 0 saturated carbocycles. The van der Waals surface area contributed by atoms with Gasteiger partial charge in [-0.2, -0.15) is 9.78 Å². The molecule has 2 aromatic heterocycles. The Balaban J connectivity index is 1.71. The molecule has 0 N–H and O–H groups in total. The number of rotatable bonds is 10. The van der Waals surface area contributed by atoms with E-state index in [0.29, 0.717) is 50.4 Å². The van der Waals surface area contributed by atoms with Crippen molar-refractivity contribution < 1.29 is 14.4 Å². The summed E-state index contributed by atoms with van der Waals surface area (Å²) in [7, 11) is 0. The highest BCUT2D eigenvalue weighted by Crippen LogP contribution is 2.37. The molecule has 0 bridgehead atoms. The highest BCUT2D eigenvalue weighted by atomic mass is 127. The van der Waals surface area contributed by atoms with Gasteiger partial charge in [0.25, 0.3) is 11.2 Å². The van der Waals surface area contributed by atoms with Gasteiger partial charge in [0.05, 0.1) is 32.2 Å². The molecule has 0 saturated heterocycles. The minimum absolute atomic E-state index is 0.132. The first-order valence-electron chi connectivity index (χ1n) is 11.8. The molecule has 2 aromatic carbocycles. The van der Waals surface area contributed by atoms with Gasteiger partial charge in [-0.3, -0.25) is 14.9 Å². The zero-order valence-electron chi connectivity index (χ0n) is 20.6. The van der Waals surface area contributed by atoms with Crippen LogP contribution in [-0.2, 0) is 6.42 Å². The minimum Gasteiger partial charge on any atom is -0.490 e. The number of unbranched alkanes of at least 4 members (excludes halogenated alkanes) is 1. The number of aromatic nitrogens is 3. The number of pyridine rings is 1. The molecule has 4 rings (SSSR count). The van der Waals surface area contributed by atoms with Gasteiger partial charge in [0.2, 0.25) is 5.88 Å². The van der Waals surface area contributed by atoms with Crippen molar-refractivity contribution in [1.82, 2.24) is 14.6 Å². The molecule has 0 spiro atoms. The number of nitrogens with zero attached hydrogens (tertiary/aromatic N) is 5. The van der Waals surface area contributed by atoms with Crippen LogP contribution in [0, 0.1) is 13.7 Å². The summed E-state index contributed by atoms with van der Waals surface area (Å²) in [5, 5.41) is 15.9. The first-order chi connectivity index (χ1) is 18.3. The van der Waals surface area contributed by atoms with Crippen LogP contribution in [0.2, 0.25) is 0 Å². The van der Waals surface area contributed by atoms with E-state index in [9.17, 15) is 14.9 Å². The second kappa shape index (κ2) is 12.4. The largest absolute Gasteiger partial charge is 0.490 e. The molecule has 0 aliphatic rings. The predicted octanol–water partition coefficient (Wildman–Crippen LogP) is 6.48. The third-order valence-corrected chi connectivity index (χ3v) is 6.72. The van der Waals surface area contributed by atoms with Crippen molar-refractivity contribution in [3.63, 3.8) is 0 Å². The Morgan fingerprint density at radius 1 is 1.21 bits per heavy atom. The van der Waals surface area contributed by atoms with Crippen LogP contribution in [0.5, 0.6) is 17.4 Å². The highest BCUT2D eigenvalue weighted by Gasteiger charge is 2.16. The number of hydrogen-bond donors (Lipinski definition) is 0. The minimum atomic E-state index is -0.525. The van der Waals surface area contributed by atoms with Crippen LogP contribution in [0.15, 0.2) is 63.0 Å². The molecule has 0 aliphatic carbocycles. The summed E-state index contributed by atoms with van der Waals surface area (Å²) in [6, 6.07) is 11.7. The lowest BCUT2D eigenvalue weighted by Crippen LogP contribution is -2.22. The van der Waals surface area contributed by atoms with Crippen molar-refractivity contribution in [2.45, 2.75) is 33.1 Å². The molecule has 0 unspecified atom stereocenters. The smallest absolute Gasteiger partial charge is 0.287 e. The quantitative estimate of drug-likeness (QED) is 0.0807. The first-order valence-corrected chi connectivity index (χ1v) is 13.7. The van der Waals surface area contributed by atoms with Crippen molar-refractivity contribution >= 4 is 61.3 Å². The molecule has 38 heavy (non-hydrogen) atoms. The van der Waals surface area contributed by atoms with E-state index in [-0.39, 0.29) is 17.1 Å². The first kappa shape index (κ1) is 27.6. The maximum absolute atomic E-state index is 13.3. The van der Waals surface area contributed by atoms with Crippen LogP contribution in [0.1, 0.15) is 38.1 Å². The van der Waals surface area contributed by atoms with E-state index in [1.54, 1.807) is 18.3 Å². The third-order valence-electron chi connectivity index (χ3n) is 5.42. The Morgan fingerprint density at radius 3 is 2.71 bits per heavy atom. The molecule has 0 aliphatic heterocycles. The molecule has 0 fully saturated rings. The number of aryl methyl sites for hydroxylation is 1. The molecule has 2 heterocycles. The van der Waals surface area contributed by atoms with Gasteiger partial charge in [0.1, 0.15) is 12.0 Å². The second-order valence-corrected chi connectivity index (χ2v) is 10.2. The van der Waals surface area contributed by atoms with Crippen molar-refractivity contribution in [2.24, 2.45) is 5.10 Å². The van der Waals surface area contributed by atoms with Gasteiger partial charge in [-0.1, -0.05) is 29.3 Å². The number of ether oxygens (including phenoxy) is 2. The molecule has 10 nitrogen and oxygen atoms in total. The number of halogens is 2. The molecule has 0 radical (unpaired) electrons. The van der Waals surface area contributed by atoms with Crippen LogP contribution in [0.25, 0.3) is 10.9 Å². The van der Waals surface area contributed by atoms with E-state index in [0.717, 1.165) is 23.5 Å². The summed E-state index contributed by atoms with van der Waals surface area (Å²) in [5.74, 6) is 1.65. The van der Waals surface area contributed by atoms with Crippen LogP contribution in [0.4, 0.5) is 5.69 Å². The van der Waals surface area contributed by atoms with E-state index in [2.05, 4.69) is 55.5 Å². The van der Waals surface area contributed by atoms with E-state index in [1.165, 1.54) is 16.8 Å². The zero-order chi connectivity index (χ0) is 27.2. The van der Waals surface area contributed by atoms with Crippen molar-refractivity contribution in [3.05, 3.63) is 88.6 Å². The number of benzene rings is 2. The summed E-state index contributed by atoms with van der Waals surface area (Å²) < 4.78 is 14.5. The van der Waals surface area contributed by atoms with Crippen molar-refractivity contribution in [2.75, 3.05) is 6.61 Å². The Kier molecular flexibility index (Phi) is 9.05. The van der Waals surface area contributed by atoms with Crippen LogP contribution in [0.3, 0.4) is 0 Å². The van der Waals surface area contributed by atoms with Crippen LogP contribution >= 0.6 is 38.5 Å². The highest BCUT2D eigenvalue weighted by molar-refractivity contribution is 14.1. The predicted molar refractivity (Wildman–Crippen MR) is 157 cm³/mol. The molecule has 4 aromatic rings. The van der Waals surface area contributed by atoms with Gasteiger partial charge in [0.15, 0.2) is 11.5 Å². The molecular formula is C26H23BrIN5O5. The fourth-order valence-corrected chi connectivity index (χ4v) is 4.70. The van der Waals surface area contributed by atoms with E-state index < -0.39 is 4.92 Å². The van der Waals surface area contributed by atoms with Crippen molar-refractivity contribution in [3.8, 4) is 17.4 Å². The summed E-state index contributed by atoms with van der Waals surface area (Å²) in [6.45, 7) is 4.31. The van der Waals surface area contributed by atoms with Crippen molar-refractivity contribution in [1.29, 1.82) is 0 Å². The summed E-state index contributed by atoms with van der Waals surface area (Å²) >= 11 is 5.53. The van der Waals surface area contributed by atoms with E-state index in [4.69, 9.17) is 14.5 Å². The van der Waals surface area contributed by atoms with E-state index in [1.807, 2.05) is 25.1 Å². The number of hydrogen-bond acceptors (Lipinski definition) is 8. The number of fused-ring (bicyclic) bond motifs is 1. The SMILES string of the molecule is CCCCc1nc2ccc(Br)cc2c(=O)n1N=Cc1cc(I)c(Oc2ccc([N+](=O)[O-])cn2)c(OCC)c1. The van der Waals surface area contributed by atoms with Gasteiger partial charge in [-0.05, 0) is 71.8 Å². The Morgan fingerprint density at radius 2 is 2.03 bits per heavy atom. The van der Waals surface area contributed by atoms with Gasteiger partial charge in [0, 0.05) is 23.0 Å². The molecule has 12 heteroatoms. The molecule has 0 amide bonds. The topological polar surface area (TPSA) is 122 Å². The third kappa shape index (κ3) is 6.35. The average Bonchev–Trinajstić information content (AvgIpc) is 2.90. The van der Waals surface area contributed by atoms with Gasteiger partial charge < -0.3 is 9.47 Å². The summed E-state index contributed by atoms with van der Waals surface area (Å²) in [6.07, 6.45) is 5.17. The Bertz CT molecular complexity index is 1570. The number of nitro groups is 1. The lowest BCUT2D eigenvalue weighted by Gasteiger charge is -2.14.